The second-order valence-corrected chi connectivity index (χ2v) is 13.1. The molecule has 0 aliphatic carbocycles. The molecule has 0 bridgehead atoms. The SMILES string of the molecule is CN(CC(=O)N1CCC(C(=O)NC(CCCc2ccccc2)CCCc2ccccc2)CC1)C[C@H](O)COc1cccc2ncccc12. The van der Waals surface area contributed by atoms with Gasteiger partial charge in [-0.15, -0.1) is 0 Å². The van der Waals surface area contributed by atoms with E-state index >= 15 is 0 Å². The summed E-state index contributed by atoms with van der Waals surface area (Å²) in [5, 5.41) is 14.9. The molecule has 0 radical (unpaired) electrons. The van der Waals surface area contributed by atoms with Crippen LogP contribution < -0.4 is 10.1 Å². The molecule has 254 valence electrons. The molecule has 48 heavy (non-hydrogen) atoms. The van der Waals surface area contributed by atoms with E-state index in [2.05, 4.69) is 58.8 Å². The molecular weight excluding hydrogens is 600 g/mol. The van der Waals surface area contributed by atoms with Crippen molar-refractivity contribution in [2.45, 2.75) is 63.5 Å². The van der Waals surface area contributed by atoms with Gasteiger partial charge in [0.25, 0.3) is 0 Å². The van der Waals surface area contributed by atoms with Gasteiger partial charge < -0.3 is 20.1 Å². The lowest BCUT2D eigenvalue weighted by Gasteiger charge is -2.33. The fraction of sp³-hybridized carbons (Fsp3) is 0.425. The number of aliphatic hydroxyl groups excluding tert-OH is 1. The summed E-state index contributed by atoms with van der Waals surface area (Å²) in [7, 11) is 1.83. The van der Waals surface area contributed by atoms with E-state index in [1.807, 2.05) is 59.3 Å². The number of aryl methyl sites for hydroxylation is 2. The third-order valence-electron chi connectivity index (χ3n) is 9.25. The van der Waals surface area contributed by atoms with Crippen molar-refractivity contribution in [2.24, 2.45) is 5.92 Å². The third-order valence-corrected chi connectivity index (χ3v) is 9.25. The number of ether oxygens (including phenoxy) is 1. The zero-order valence-corrected chi connectivity index (χ0v) is 28.2. The zero-order valence-electron chi connectivity index (χ0n) is 28.2. The maximum Gasteiger partial charge on any atom is 0.236 e. The van der Waals surface area contributed by atoms with E-state index in [-0.39, 0.29) is 36.9 Å². The number of carbonyl (C=O) groups excluding carboxylic acids is 2. The molecule has 0 unspecified atom stereocenters. The summed E-state index contributed by atoms with van der Waals surface area (Å²) < 4.78 is 5.90. The molecule has 1 aliphatic heterocycles. The first-order valence-electron chi connectivity index (χ1n) is 17.4. The van der Waals surface area contributed by atoms with Gasteiger partial charge in [0, 0.05) is 43.2 Å². The number of amides is 2. The van der Waals surface area contributed by atoms with Gasteiger partial charge in [-0.05, 0) is 93.8 Å². The number of hydrogen-bond acceptors (Lipinski definition) is 6. The molecule has 1 fully saturated rings. The van der Waals surface area contributed by atoms with Gasteiger partial charge in [-0.2, -0.15) is 0 Å². The Balaban J connectivity index is 1.03. The number of aromatic nitrogens is 1. The predicted octanol–water partition coefficient (Wildman–Crippen LogP) is 5.68. The zero-order chi connectivity index (χ0) is 33.6. The normalized spacial score (nSPS) is 14.4. The van der Waals surface area contributed by atoms with E-state index in [0.717, 1.165) is 49.4 Å². The van der Waals surface area contributed by atoms with E-state index in [4.69, 9.17) is 4.74 Å². The molecule has 0 saturated carbocycles. The maximum atomic E-state index is 13.4. The topological polar surface area (TPSA) is 95.0 Å². The van der Waals surface area contributed by atoms with E-state index in [1.54, 1.807) is 6.20 Å². The van der Waals surface area contributed by atoms with Crippen molar-refractivity contribution in [3.8, 4) is 5.75 Å². The van der Waals surface area contributed by atoms with Crippen molar-refractivity contribution in [1.29, 1.82) is 0 Å². The van der Waals surface area contributed by atoms with Crippen LogP contribution in [0.2, 0.25) is 0 Å². The second-order valence-electron chi connectivity index (χ2n) is 13.1. The van der Waals surface area contributed by atoms with Crippen molar-refractivity contribution in [2.75, 3.05) is 39.8 Å². The number of carbonyl (C=O) groups is 2. The predicted molar refractivity (Wildman–Crippen MR) is 191 cm³/mol. The molecule has 2 heterocycles. The summed E-state index contributed by atoms with van der Waals surface area (Å²) in [6.45, 7) is 1.77. The Bertz CT molecular complexity index is 1510. The van der Waals surface area contributed by atoms with Gasteiger partial charge in [0.2, 0.25) is 11.8 Å². The van der Waals surface area contributed by atoms with Crippen LogP contribution >= 0.6 is 0 Å². The molecule has 8 heteroatoms. The van der Waals surface area contributed by atoms with Crippen LogP contribution in [0.3, 0.4) is 0 Å². The van der Waals surface area contributed by atoms with Crippen molar-refractivity contribution in [3.05, 3.63) is 108 Å². The number of piperidine rings is 1. The monoisotopic (exact) mass is 650 g/mol. The fourth-order valence-electron chi connectivity index (χ4n) is 6.59. The van der Waals surface area contributed by atoms with Crippen LogP contribution in [-0.2, 0) is 22.4 Å². The first kappa shape index (κ1) is 35.0. The van der Waals surface area contributed by atoms with Gasteiger partial charge in [0.1, 0.15) is 18.5 Å². The van der Waals surface area contributed by atoms with Gasteiger partial charge in [-0.1, -0.05) is 66.7 Å². The van der Waals surface area contributed by atoms with E-state index < -0.39 is 6.10 Å². The number of pyridine rings is 1. The number of benzene rings is 3. The van der Waals surface area contributed by atoms with Gasteiger partial charge in [-0.3, -0.25) is 19.5 Å². The lowest BCUT2D eigenvalue weighted by Crippen LogP contribution is -2.48. The molecule has 0 spiro atoms. The minimum absolute atomic E-state index is 0.0179. The Labute approximate surface area is 285 Å². The van der Waals surface area contributed by atoms with Crippen LogP contribution in [0.4, 0.5) is 0 Å². The molecule has 1 atom stereocenters. The van der Waals surface area contributed by atoms with E-state index in [1.165, 1.54) is 11.1 Å². The summed E-state index contributed by atoms with van der Waals surface area (Å²) in [5.41, 5.74) is 3.50. The Morgan fingerprint density at radius 2 is 1.54 bits per heavy atom. The highest BCUT2D eigenvalue weighted by Gasteiger charge is 2.29. The number of hydrogen-bond donors (Lipinski definition) is 2. The molecule has 1 aliphatic rings. The highest BCUT2D eigenvalue weighted by molar-refractivity contribution is 5.84. The number of nitrogens with one attached hydrogen (secondary N) is 1. The van der Waals surface area contributed by atoms with Crippen molar-refractivity contribution in [3.63, 3.8) is 0 Å². The third kappa shape index (κ3) is 10.9. The smallest absolute Gasteiger partial charge is 0.236 e. The quantitative estimate of drug-likeness (QED) is 0.153. The molecule has 4 aromatic rings. The average molecular weight is 651 g/mol. The summed E-state index contributed by atoms with van der Waals surface area (Å²) in [5.74, 6) is 0.731. The standard InChI is InChI=1S/C40H50N4O4/c1-43(28-35(45)30-48-38-22-10-21-37-36(38)20-11-25-41-37)29-39(46)44-26-23-33(24-27-44)40(47)42-34(18-8-16-31-12-4-2-5-13-31)19-9-17-32-14-6-3-7-15-32/h2-7,10-15,20-22,25,33-35,45H,8-9,16-19,23-24,26-30H2,1H3,(H,42,47)/t35-/m0/s1. The molecule has 1 saturated heterocycles. The number of nitrogens with zero attached hydrogens (tertiary/aromatic N) is 3. The number of aliphatic hydroxyl groups is 1. The van der Waals surface area contributed by atoms with Crippen LogP contribution in [-0.4, -0.2) is 83.7 Å². The Morgan fingerprint density at radius 3 is 2.19 bits per heavy atom. The van der Waals surface area contributed by atoms with Crippen LogP contribution in [0.15, 0.2) is 97.2 Å². The Hall–Kier alpha value is -4.27. The first-order chi connectivity index (χ1) is 23.4. The van der Waals surface area contributed by atoms with Gasteiger partial charge in [0.05, 0.1) is 12.1 Å². The van der Waals surface area contributed by atoms with Crippen molar-refractivity contribution >= 4 is 22.7 Å². The summed E-state index contributed by atoms with van der Waals surface area (Å²) in [6.07, 6.45) is 8.30. The van der Waals surface area contributed by atoms with E-state index in [0.29, 0.717) is 38.2 Å². The molecule has 2 N–H and O–H groups in total. The van der Waals surface area contributed by atoms with Gasteiger partial charge in [0.15, 0.2) is 0 Å². The van der Waals surface area contributed by atoms with E-state index in [9.17, 15) is 14.7 Å². The first-order valence-corrected chi connectivity index (χ1v) is 17.4. The number of rotatable bonds is 17. The van der Waals surface area contributed by atoms with Gasteiger partial charge in [-0.25, -0.2) is 0 Å². The molecule has 5 rings (SSSR count). The fourth-order valence-corrected chi connectivity index (χ4v) is 6.59. The summed E-state index contributed by atoms with van der Waals surface area (Å²) in [4.78, 5) is 34.6. The highest BCUT2D eigenvalue weighted by Crippen LogP contribution is 2.24. The van der Waals surface area contributed by atoms with Gasteiger partial charge >= 0.3 is 0 Å². The Kier molecular flexibility index (Phi) is 13.4. The Morgan fingerprint density at radius 1 is 0.896 bits per heavy atom. The van der Waals surface area contributed by atoms with Crippen LogP contribution in [0.5, 0.6) is 5.75 Å². The lowest BCUT2D eigenvalue weighted by atomic mass is 9.94. The summed E-state index contributed by atoms with van der Waals surface area (Å²) >= 11 is 0. The average Bonchev–Trinajstić information content (AvgIpc) is 3.11. The van der Waals surface area contributed by atoms with Crippen LogP contribution in [0.25, 0.3) is 10.9 Å². The number of fused-ring (bicyclic) bond motifs is 1. The molecule has 3 aromatic carbocycles. The lowest BCUT2D eigenvalue weighted by molar-refractivity contribution is -0.136. The van der Waals surface area contributed by atoms with Crippen molar-refractivity contribution < 1.29 is 19.4 Å². The maximum absolute atomic E-state index is 13.4. The minimum Gasteiger partial charge on any atom is -0.490 e. The molecule has 8 nitrogen and oxygen atoms in total. The summed E-state index contributed by atoms with van der Waals surface area (Å²) in [6, 6.07) is 30.7. The number of likely N-dealkylation sites (tertiary alicyclic amines) is 1. The van der Waals surface area contributed by atoms with Crippen LogP contribution in [0, 0.1) is 5.92 Å². The molecular formula is C40H50N4O4. The van der Waals surface area contributed by atoms with Crippen LogP contribution in [0.1, 0.15) is 49.7 Å². The highest BCUT2D eigenvalue weighted by atomic mass is 16.5. The molecule has 2 amide bonds. The number of likely N-dealkylation sites (N-methyl/N-ethyl adjacent to an activating group) is 1. The second kappa shape index (κ2) is 18.3. The molecule has 1 aromatic heterocycles. The minimum atomic E-state index is -0.752. The van der Waals surface area contributed by atoms with Crippen molar-refractivity contribution in [1.82, 2.24) is 20.1 Å². The largest absolute Gasteiger partial charge is 0.490 e.